The second-order valence-corrected chi connectivity index (χ2v) is 5.54. The fraction of sp³-hybridized carbons (Fsp3) is 0.462. The van der Waals surface area contributed by atoms with Gasteiger partial charge in [-0.15, -0.1) is 0 Å². The van der Waals surface area contributed by atoms with Crippen LogP contribution in [0.4, 0.5) is 18.9 Å². The molecule has 0 bridgehead atoms. The summed E-state index contributed by atoms with van der Waals surface area (Å²) in [6.07, 6.45) is -3.08. The molecule has 0 aliphatic carbocycles. The first-order chi connectivity index (χ1) is 10.5. The van der Waals surface area contributed by atoms with Crippen molar-refractivity contribution in [2.24, 2.45) is 7.05 Å². The third-order valence-electron chi connectivity index (χ3n) is 3.36. The molecule has 1 N–H and O–H groups in total. The molecule has 0 fully saturated rings. The summed E-state index contributed by atoms with van der Waals surface area (Å²) in [5, 5.41) is 9.63. The van der Waals surface area contributed by atoms with E-state index in [0.29, 0.717) is 11.4 Å². The van der Waals surface area contributed by atoms with E-state index in [9.17, 15) is 18.0 Å². The second kappa shape index (κ2) is 5.88. The summed E-state index contributed by atoms with van der Waals surface area (Å²) in [6, 6.07) is -0.969. The van der Waals surface area contributed by atoms with Crippen molar-refractivity contribution < 1.29 is 18.0 Å². The van der Waals surface area contributed by atoms with Gasteiger partial charge < -0.3 is 5.32 Å². The first-order valence-corrected chi connectivity index (χ1v) is 7.03. The summed E-state index contributed by atoms with van der Waals surface area (Å²) >= 11 is 5.69. The molecule has 2 heterocycles. The van der Waals surface area contributed by atoms with Crippen LogP contribution in [0.25, 0.3) is 0 Å². The number of anilines is 1. The molecule has 10 heteroatoms. The fourth-order valence-corrected chi connectivity index (χ4v) is 2.36. The Bertz CT molecular complexity index is 750. The molecule has 0 aliphatic heterocycles. The van der Waals surface area contributed by atoms with E-state index in [1.807, 2.05) is 0 Å². The average Bonchev–Trinajstić information content (AvgIpc) is 2.89. The van der Waals surface area contributed by atoms with E-state index in [4.69, 9.17) is 11.6 Å². The van der Waals surface area contributed by atoms with E-state index in [1.165, 1.54) is 18.5 Å². The Morgan fingerprint density at radius 2 is 1.96 bits per heavy atom. The minimum absolute atomic E-state index is 0.0737. The lowest BCUT2D eigenvalue weighted by molar-refractivity contribution is -0.141. The molecular weight excluding hydrogens is 335 g/mol. The first kappa shape index (κ1) is 17.3. The third-order valence-corrected chi connectivity index (χ3v) is 3.82. The van der Waals surface area contributed by atoms with Crippen LogP contribution in [0.1, 0.15) is 30.0 Å². The Labute approximate surface area is 135 Å². The molecular formula is C13H15ClF3N5O. The zero-order valence-corrected chi connectivity index (χ0v) is 13.6. The quantitative estimate of drug-likeness (QED) is 0.926. The molecule has 126 valence electrons. The van der Waals surface area contributed by atoms with Crippen molar-refractivity contribution in [3.05, 3.63) is 28.3 Å². The summed E-state index contributed by atoms with van der Waals surface area (Å²) in [5.74, 6) is -0.517. The van der Waals surface area contributed by atoms with Crippen molar-refractivity contribution in [1.82, 2.24) is 19.6 Å². The lowest BCUT2D eigenvalue weighted by Gasteiger charge is -2.14. The van der Waals surface area contributed by atoms with E-state index in [-0.39, 0.29) is 5.69 Å². The van der Waals surface area contributed by atoms with Crippen LogP contribution in [0.3, 0.4) is 0 Å². The number of nitrogens with zero attached hydrogens (tertiary/aromatic N) is 4. The van der Waals surface area contributed by atoms with Crippen LogP contribution in [0.5, 0.6) is 0 Å². The maximum Gasteiger partial charge on any atom is 0.436 e. The summed E-state index contributed by atoms with van der Waals surface area (Å²) in [5.41, 5.74) is -0.0472. The first-order valence-electron chi connectivity index (χ1n) is 6.65. The standard InChI is InChI=1S/C13H15ClF3N5O/c1-6-9(5-21(4)19-6)18-12(23)8(3)22-7(2)10(14)11(20-22)13(15,16)17/h5,8H,1-4H3,(H,18,23)/t8-/m0/s1. The zero-order valence-electron chi connectivity index (χ0n) is 12.9. The van der Waals surface area contributed by atoms with Crippen molar-refractivity contribution in [3.8, 4) is 0 Å². The van der Waals surface area contributed by atoms with Gasteiger partial charge in [-0.1, -0.05) is 11.6 Å². The number of carbonyl (C=O) groups excluding carboxylic acids is 1. The number of halogens is 4. The summed E-state index contributed by atoms with van der Waals surface area (Å²) < 4.78 is 41.0. The summed E-state index contributed by atoms with van der Waals surface area (Å²) in [6.45, 7) is 4.53. The maximum atomic E-state index is 12.8. The number of alkyl halides is 3. The number of hydrogen-bond donors (Lipinski definition) is 1. The lowest BCUT2D eigenvalue weighted by atomic mass is 10.3. The van der Waals surface area contributed by atoms with E-state index in [0.717, 1.165) is 4.68 Å². The number of aromatic nitrogens is 4. The van der Waals surface area contributed by atoms with E-state index >= 15 is 0 Å². The van der Waals surface area contributed by atoms with Gasteiger partial charge in [-0.25, -0.2) is 0 Å². The van der Waals surface area contributed by atoms with Gasteiger partial charge in [0.15, 0.2) is 5.69 Å². The molecule has 0 saturated heterocycles. The largest absolute Gasteiger partial charge is 0.436 e. The molecule has 2 aromatic heterocycles. The molecule has 0 saturated carbocycles. The molecule has 0 radical (unpaired) electrons. The number of rotatable bonds is 3. The molecule has 0 unspecified atom stereocenters. The monoisotopic (exact) mass is 349 g/mol. The van der Waals surface area contributed by atoms with E-state index in [2.05, 4.69) is 15.5 Å². The Hall–Kier alpha value is -2.03. The molecule has 0 aromatic carbocycles. The van der Waals surface area contributed by atoms with Gasteiger partial charge in [0.05, 0.1) is 22.1 Å². The molecule has 0 spiro atoms. The highest BCUT2D eigenvalue weighted by Crippen LogP contribution is 2.36. The van der Waals surface area contributed by atoms with Crippen LogP contribution in [-0.2, 0) is 18.0 Å². The van der Waals surface area contributed by atoms with Crippen LogP contribution >= 0.6 is 11.6 Å². The van der Waals surface area contributed by atoms with Gasteiger partial charge in [0, 0.05) is 13.2 Å². The van der Waals surface area contributed by atoms with Crippen LogP contribution in [0, 0.1) is 13.8 Å². The second-order valence-electron chi connectivity index (χ2n) is 5.16. The number of carbonyl (C=O) groups is 1. The number of aryl methyl sites for hydroxylation is 2. The van der Waals surface area contributed by atoms with Crippen LogP contribution in [0.2, 0.25) is 5.02 Å². The Morgan fingerprint density at radius 3 is 2.39 bits per heavy atom. The molecule has 2 aromatic rings. The normalized spacial score (nSPS) is 13.2. The molecule has 23 heavy (non-hydrogen) atoms. The number of amides is 1. The van der Waals surface area contributed by atoms with Crippen LogP contribution < -0.4 is 5.32 Å². The van der Waals surface area contributed by atoms with Gasteiger partial charge in [-0.3, -0.25) is 14.2 Å². The molecule has 2 rings (SSSR count). The Kier molecular flexibility index (Phi) is 4.43. The van der Waals surface area contributed by atoms with Gasteiger partial charge in [0.25, 0.3) is 0 Å². The summed E-state index contributed by atoms with van der Waals surface area (Å²) in [7, 11) is 1.69. The topological polar surface area (TPSA) is 64.7 Å². The molecule has 1 amide bonds. The van der Waals surface area contributed by atoms with Gasteiger partial charge in [0.1, 0.15) is 6.04 Å². The average molecular weight is 350 g/mol. The minimum Gasteiger partial charge on any atom is -0.321 e. The van der Waals surface area contributed by atoms with Gasteiger partial charge >= 0.3 is 6.18 Å². The van der Waals surface area contributed by atoms with E-state index < -0.39 is 28.8 Å². The van der Waals surface area contributed by atoms with Crippen LogP contribution in [0.15, 0.2) is 6.20 Å². The van der Waals surface area contributed by atoms with Gasteiger partial charge in [0.2, 0.25) is 5.91 Å². The number of nitrogens with one attached hydrogen (secondary N) is 1. The van der Waals surface area contributed by atoms with Gasteiger partial charge in [-0.2, -0.15) is 23.4 Å². The predicted octanol–water partition coefficient (Wildman–Crippen LogP) is 3.11. The maximum absolute atomic E-state index is 12.8. The summed E-state index contributed by atoms with van der Waals surface area (Å²) in [4.78, 5) is 12.3. The van der Waals surface area contributed by atoms with Crippen molar-refractivity contribution in [2.45, 2.75) is 33.0 Å². The Balaban J connectivity index is 2.28. The van der Waals surface area contributed by atoms with Crippen molar-refractivity contribution in [2.75, 3.05) is 5.32 Å². The zero-order chi connectivity index (χ0) is 17.5. The lowest BCUT2D eigenvalue weighted by Crippen LogP contribution is -2.25. The van der Waals surface area contributed by atoms with Crippen molar-refractivity contribution >= 4 is 23.2 Å². The Morgan fingerprint density at radius 1 is 1.35 bits per heavy atom. The highest BCUT2D eigenvalue weighted by molar-refractivity contribution is 6.32. The SMILES string of the molecule is Cc1nn(C)cc1NC(=O)[C@H](C)n1nc(C(F)(F)F)c(Cl)c1C. The highest BCUT2D eigenvalue weighted by Gasteiger charge is 2.39. The van der Waals surface area contributed by atoms with Gasteiger partial charge in [-0.05, 0) is 20.8 Å². The van der Waals surface area contributed by atoms with Crippen molar-refractivity contribution in [3.63, 3.8) is 0 Å². The highest BCUT2D eigenvalue weighted by atomic mass is 35.5. The smallest absolute Gasteiger partial charge is 0.321 e. The molecule has 1 atom stereocenters. The molecule has 6 nitrogen and oxygen atoms in total. The number of hydrogen-bond acceptors (Lipinski definition) is 3. The fourth-order valence-electron chi connectivity index (χ4n) is 2.13. The minimum atomic E-state index is -4.68. The van der Waals surface area contributed by atoms with E-state index in [1.54, 1.807) is 20.2 Å². The van der Waals surface area contributed by atoms with Crippen molar-refractivity contribution in [1.29, 1.82) is 0 Å². The third kappa shape index (κ3) is 3.34. The predicted molar refractivity (Wildman–Crippen MR) is 78.3 cm³/mol. The van der Waals surface area contributed by atoms with Crippen LogP contribution in [-0.4, -0.2) is 25.5 Å². The molecule has 0 aliphatic rings.